The Morgan fingerprint density at radius 2 is 1.70 bits per heavy atom. The highest BCUT2D eigenvalue weighted by Gasteiger charge is 2.21. The largest absolute Gasteiger partial charge is 0.340 e. The average Bonchev–Trinajstić information content (AvgIpc) is 3.11. The van der Waals surface area contributed by atoms with Crippen LogP contribution in [0.25, 0.3) is 5.78 Å². The molecule has 1 aliphatic carbocycles. The van der Waals surface area contributed by atoms with Crippen LogP contribution in [0.3, 0.4) is 0 Å². The molecule has 30 heavy (non-hydrogen) atoms. The summed E-state index contributed by atoms with van der Waals surface area (Å²) in [5.74, 6) is 2.41. The third-order valence-corrected chi connectivity index (χ3v) is 5.82. The molecule has 1 aliphatic rings. The molecule has 0 bridgehead atoms. The van der Waals surface area contributed by atoms with E-state index in [0.29, 0.717) is 12.2 Å². The number of aromatic nitrogens is 4. The summed E-state index contributed by atoms with van der Waals surface area (Å²) in [7, 11) is 0. The smallest absolute Gasteiger partial charge is 0.254 e. The van der Waals surface area contributed by atoms with Crippen LogP contribution in [0.1, 0.15) is 46.6 Å². The molecule has 5 rings (SSSR count). The lowest BCUT2D eigenvalue weighted by atomic mass is 9.96. The molecule has 2 aromatic heterocycles. The van der Waals surface area contributed by atoms with E-state index in [0.717, 1.165) is 46.5 Å². The molecule has 6 heteroatoms. The zero-order chi connectivity index (χ0) is 20.7. The van der Waals surface area contributed by atoms with Crippen LogP contribution in [0.4, 0.5) is 11.5 Å². The molecular weight excluding hydrogens is 394 g/mol. The van der Waals surface area contributed by atoms with Gasteiger partial charge in [0.25, 0.3) is 5.78 Å². The van der Waals surface area contributed by atoms with Gasteiger partial charge in [-0.1, -0.05) is 29.8 Å². The number of hydrogen-bond acceptors (Lipinski definition) is 4. The molecule has 0 saturated carbocycles. The van der Waals surface area contributed by atoms with Crippen LogP contribution < -0.4 is 5.32 Å². The number of hydrogen-bond donors (Lipinski definition) is 1. The van der Waals surface area contributed by atoms with Gasteiger partial charge < -0.3 is 5.32 Å². The van der Waals surface area contributed by atoms with E-state index in [2.05, 4.69) is 37.4 Å². The second-order valence-electron chi connectivity index (χ2n) is 8.14. The summed E-state index contributed by atoms with van der Waals surface area (Å²) in [4.78, 5) is 9.60. The van der Waals surface area contributed by atoms with Gasteiger partial charge in [-0.2, -0.15) is 9.50 Å². The Labute approximate surface area is 181 Å². The lowest BCUT2D eigenvalue weighted by Gasteiger charge is -2.20. The maximum Gasteiger partial charge on any atom is 0.254 e. The lowest BCUT2D eigenvalue weighted by molar-refractivity contribution is 0.662. The second kappa shape index (κ2) is 7.73. The average molecular weight is 418 g/mol. The normalized spacial score (nSPS) is 13.4. The Morgan fingerprint density at radius 1 is 0.967 bits per heavy atom. The van der Waals surface area contributed by atoms with Crippen molar-refractivity contribution in [3.63, 3.8) is 0 Å². The Hall–Kier alpha value is -2.92. The van der Waals surface area contributed by atoms with Gasteiger partial charge in [0.1, 0.15) is 5.82 Å². The van der Waals surface area contributed by atoms with E-state index in [1.807, 2.05) is 28.8 Å². The number of rotatable bonds is 4. The maximum absolute atomic E-state index is 6.02. The third kappa shape index (κ3) is 3.77. The Morgan fingerprint density at radius 3 is 2.47 bits per heavy atom. The molecule has 0 saturated heterocycles. The summed E-state index contributed by atoms with van der Waals surface area (Å²) < 4.78 is 1.88. The van der Waals surface area contributed by atoms with Crippen molar-refractivity contribution in [3.05, 3.63) is 81.3 Å². The number of fused-ring (bicyclic) bond motifs is 2. The Balaban J connectivity index is 1.59. The van der Waals surface area contributed by atoms with Gasteiger partial charge in [-0.25, -0.2) is 4.98 Å². The van der Waals surface area contributed by atoms with E-state index < -0.39 is 0 Å². The minimum absolute atomic E-state index is 0.647. The first kappa shape index (κ1) is 19.1. The maximum atomic E-state index is 6.02. The van der Waals surface area contributed by atoms with Crippen molar-refractivity contribution in [1.29, 1.82) is 0 Å². The van der Waals surface area contributed by atoms with E-state index in [1.54, 1.807) is 0 Å². The first-order valence-electron chi connectivity index (χ1n) is 10.4. The molecule has 0 fully saturated rings. The summed E-state index contributed by atoms with van der Waals surface area (Å²) in [6.07, 6.45) is 5.00. The monoisotopic (exact) mass is 417 g/mol. The van der Waals surface area contributed by atoms with Gasteiger partial charge in [-0.15, -0.1) is 5.10 Å². The number of aryl methyl sites for hydroxylation is 3. The number of anilines is 2. The van der Waals surface area contributed by atoms with E-state index >= 15 is 0 Å². The minimum Gasteiger partial charge on any atom is -0.340 e. The first-order chi connectivity index (χ1) is 14.5. The van der Waals surface area contributed by atoms with Gasteiger partial charge in [-0.3, -0.25) is 0 Å². The van der Waals surface area contributed by atoms with Crippen molar-refractivity contribution in [2.24, 2.45) is 0 Å². The fraction of sp³-hybridized carbons (Fsp3) is 0.292. The summed E-state index contributed by atoms with van der Waals surface area (Å²) >= 11 is 6.02. The van der Waals surface area contributed by atoms with E-state index in [9.17, 15) is 0 Å². The first-order valence-corrected chi connectivity index (χ1v) is 10.8. The molecule has 4 aromatic rings. The predicted molar refractivity (Wildman–Crippen MR) is 121 cm³/mol. The van der Waals surface area contributed by atoms with Crippen LogP contribution in [-0.4, -0.2) is 19.6 Å². The third-order valence-electron chi connectivity index (χ3n) is 5.57. The molecule has 0 radical (unpaired) electrons. The van der Waals surface area contributed by atoms with Crippen molar-refractivity contribution < 1.29 is 0 Å². The van der Waals surface area contributed by atoms with Crippen LogP contribution in [0.2, 0.25) is 5.02 Å². The van der Waals surface area contributed by atoms with Crippen molar-refractivity contribution in [2.45, 2.75) is 46.0 Å². The van der Waals surface area contributed by atoms with Gasteiger partial charge in [0, 0.05) is 22.7 Å². The summed E-state index contributed by atoms with van der Waals surface area (Å²) in [5.41, 5.74) is 7.07. The SMILES string of the molecule is Cc1cc(C)cc(Nc2c3c(nc4nc(Cc5ccc(Cl)cc5)nn24)CCCC3)c1. The van der Waals surface area contributed by atoms with Crippen LogP contribution in [0.15, 0.2) is 42.5 Å². The Bertz CT molecular complexity index is 1210. The number of halogens is 1. The molecule has 2 aromatic carbocycles. The highest BCUT2D eigenvalue weighted by Crippen LogP contribution is 2.30. The molecule has 0 spiro atoms. The second-order valence-corrected chi connectivity index (χ2v) is 8.57. The van der Waals surface area contributed by atoms with Crippen LogP contribution >= 0.6 is 11.6 Å². The van der Waals surface area contributed by atoms with Gasteiger partial charge in [0.15, 0.2) is 5.82 Å². The highest BCUT2D eigenvalue weighted by molar-refractivity contribution is 6.30. The molecule has 152 valence electrons. The molecule has 5 nitrogen and oxygen atoms in total. The molecule has 2 heterocycles. The molecular formula is C24H24ClN5. The Kier molecular flexibility index (Phi) is 4.91. The zero-order valence-electron chi connectivity index (χ0n) is 17.2. The van der Waals surface area contributed by atoms with E-state index in [4.69, 9.17) is 26.7 Å². The molecule has 1 N–H and O–H groups in total. The standard InChI is InChI=1S/C24H24ClN5/c1-15-11-16(2)13-19(12-15)26-23-20-5-3-4-6-21(20)27-24-28-22(29-30(23)24)14-17-7-9-18(25)10-8-17/h7-13,26H,3-6,14H2,1-2H3. The zero-order valence-corrected chi connectivity index (χ0v) is 18.0. The lowest BCUT2D eigenvalue weighted by Crippen LogP contribution is -2.13. The number of benzene rings is 2. The molecule has 0 atom stereocenters. The fourth-order valence-electron chi connectivity index (χ4n) is 4.26. The predicted octanol–water partition coefficient (Wildman–Crippen LogP) is 5.61. The van der Waals surface area contributed by atoms with Crippen LogP contribution in [0.5, 0.6) is 0 Å². The van der Waals surface area contributed by atoms with Crippen molar-refractivity contribution in [1.82, 2.24) is 19.6 Å². The summed E-state index contributed by atoms with van der Waals surface area (Å²) in [6.45, 7) is 4.24. The van der Waals surface area contributed by atoms with Gasteiger partial charge in [0.05, 0.1) is 5.69 Å². The topological polar surface area (TPSA) is 55.1 Å². The quantitative estimate of drug-likeness (QED) is 0.469. The van der Waals surface area contributed by atoms with E-state index in [-0.39, 0.29) is 0 Å². The van der Waals surface area contributed by atoms with Gasteiger partial charge >= 0.3 is 0 Å². The van der Waals surface area contributed by atoms with Crippen molar-refractivity contribution in [3.8, 4) is 0 Å². The van der Waals surface area contributed by atoms with Crippen LogP contribution in [0, 0.1) is 13.8 Å². The van der Waals surface area contributed by atoms with Crippen LogP contribution in [-0.2, 0) is 19.3 Å². The fourth-order valence-corrected chi connectivity index (χ4v) is 4.38. The highest BCUT2D eigenvalue weighted by atomic mass is 35.5. The summed E-state index contributed by atoms with van der Waals surface area (Å²) in [6, 6.07) is 14.3. The van der Waals surface area contributed by atoms with E-state index in [1.165, 1.54) is 29.5 Å². The molecule has 0 unspecified atom stereocenters. The minimum atomic E-state index is 0.647. The van der Waals surface area contributed by atoms with Crippen molar-refractivity contribution >= 4 is 28.9 Å². The number of nitrogens with one attached hydrogen (secondary N) is 1. The van der Waals surface area contributed by atoms with Crippen molar-refractivity contribution in [2.75, 3.05) is 5.32 Å². The molecule has 0 amide bonds. The summed E-state index contributed by atoms with van der Waals surface area (Å²) in [5, 5.41) is 9.20. The number of nitrogens with zero attached hydrogens (tertiary/aromatic N) is 4. The van der Waals surface area contributed by atoms with Gasteiger partial charge in [0.2, 0.25) is 0 Å². The van der Waals surface area contributed by atoms with Gasteiger partial charge in [-0.05, 0) is 80.5 Å². The molecule has 0 aliphatic heterocycles.